The quantitative estimate of drug-likeness (QED) is 0.0902. The lowest BCUT2D eigenvalue weighted by molar-refractivity contribution is -0.242. The zero-order valence-electron chi connectivity index (χ0n) is 31.5. The van der Waals surface area contributed by atoms with E-state index in [0.717, 1.165) is 44.2 Å². The molecule has 2 aliphatic rings. The number of carbonyl (C=O) groups excluding carboxylic acids is 3. The maximum Gasteiger partial charge on any atom is 0.508 e. The number of thioether (sulfide) groups is 1. The second-order valence-electron chi connectivity index (χ2n) is 14.0. The third-order valence-corrected chi connectivity index (χ3v) is 11.2. The van der Waals surface area contributed by atoms with E-state index in [1.807, 2.05) is 91.9 Å². The van der Waals surface area contributed by atoms with E-state index in [0.29, 0.717) is 5.75 Å². The minimum atomic E-state index is -1.10. The van der Waals surface area contributed by atoms with Crippen molar-refractivity contribution in [2.45, 2.75) is 75.7 Å². The Morgan fingerprint density at radius 2 is 1.29 bits per heavy atom. The van der Waals surface area contributed by atoms with Gasteiger partial charge in [-0.15, -0.1) is 11.8 Å². The first-order chi connectivity index (χ1) is 27.4. The molecule has 7 rings (SSSR count). The number of ketones is 1. The Kier molecular flexibility index (Phi) is 13.1. The number of Topliss-reactive ketones (excluding diaryl/α,β-unsaturated/α-hetero) is 1. The maximum absolute atomic E-state index is 13.9. The standard InChI is InChI=1S/C46H46O9S/c1-3-56-45-44(52-26-31-13-5-4-6-14-31)43(51-27-32-22-23-33-15-7-8-16-34(33)25-32)42(40(54-45)29-50-41(48)24-21-30(2)47)55-46(49)53-28-39-37-19-11-9-17-35(37)36-18-10-12-20-38(36)39/h4-20,22-23,25,39-40,42-45H,3,21,24,26-29H2,1-2H3. The smallest absolute Gasteiger partial charge is 0.463 e. The first kappa shape index (κ1) is 39.2. The van der Waals surface area contributed by atoms with Crippen molar-refractivity contribution < 1.29 is 42.8 Å². The summed E-state index contributed by atoms with van der Waals surface area (Å²) in [5, 5.41) is 2.17. The Labute approximate surface area is 331 Å². The molecule has 0 saturated carbocycles. The molecule has 5 atom stereocenters. The van der Waals surface area contributed by atoms with Crippen LogP contribution in [0.4, 0.5) is 4.79 Å². The monoisotopic (exact) mass is 774 g/mol. The lowest BCUT2D eigenvalue weighted by Gasteiger charge is -2.45. The largest absolute Gasteiger partial charge is 0.508 e. The Bertz CT molecular complexity index is 2080. The van der Waals surface area contributed by atoms with Gasteiger partial charge in [0.15, 0.2) is 6.10 Å². The van der Waals surface area contributed by atoms with Crippen molar-refractivity contribution in [3.8, 4) is 11.1 Å². The summed E-state index contributed by atoms with van der Waals surface area (Å²) < 4.78 is 37.8. The van der Waals surface area contributed by atoms with Gasteiger partial charge in [-0.05, 0) is 62.9 Å². The molecule has 5 aromatic carbocycles. The van der Waals surface area contributed by atoms with E-state index in [1.54, 1.807) is 0 Å². The Balaban J connectivity index is 1.17. The molecule has 0 amide bonds. The third kappa shape index (κ3) is 9.50. The van der Waals surface area contributed by atoms with Crippen LogP contribution in [0.25, 0.3) is 21.9 Å². The molecule has 1 saturated heterocycles. The molecule has 10 heteroatoms. The summed E-state index contributed by atoms with van der Waals surface area (Å²) in [6.07, 6.45) is -4.50. The average molecular weight is 775 g/mol. The highest BCUT2D eigenvalue weighted by molar-refractivity contribution is 7.99. The second-order valence-corrected chi connectivity index (χ2v) is 15.3. The molecule has 9 nitrogen and oxygen atoms in total. The van der Waals surface area contributed by atoms with E-state index < -0.39 is 42.0 Å². The summed E-state index contributed by atoms with van der Waals surface area (Å²) in [6.45, 7) is 3.70. The number of fused-ring (bicyclic) bond motifs is 4. The Morgan fingerprint density at radius 3 is 2.00 bits per heavy atom. The minimum absolute atomic E-state index is 0.0516. The summed E-state index contributed by atoms with van der Waals surface area (Å²) >= 11 is 1.53. The van der Waals surface area contributed by atoms with Crippen LogP contribution in [-0.2, 0) is 51.2 Å². The Morgan fingerprint density at radius 1 is 0.643 bits per heavy atom. The van der Waals surface area contributed by atoms with E-state index in [9.17, 15) is 14.4 Å². The molecule has 1 fully saturated rings. The van der Waals surface area contributed by atoms with Crippen LogP contribution in [0.3, 0.4) is 0 Å². The fourth-order valence-corrected chi connectivity index (χ4v) is 8.34. The zero-order valence-corrected chi connectivity index (χ0v) is 32.4. The molecule has 1 aliphatic heterocycles. The van der Waals surface area contributed by atoms with Crippen LogP contribution < -0.4 is 0 Å². The van der Waals surface area contributed by atoms with E-state index in [1.165, 1.54) is 18.7 Å². The molecule has 5 unspecified atom stereocenters. The summed E-state index contributed by atoms with van der Waals surface area (Å²) in [7, 11) is 0. The molecular weight excluding hydrogens is 729 g/mol. The molecule has 5 aromatic rings. The van der Waals surface area contributed by atoms with Crippen molar-refractivity contribution in [2.75, 3.05) is 19.0 Å². The predicted molar refractivity (Wildman–Crippen MR) is 215 cm³/mol. The van der Waals surface area contributed by atoms with Gasteiger partial charge in [0.25, 0.3) is 0 Å². The maximum atomic E-state index is 13.9. The van der Waals surface area contributed by atoms with Crippen LogP contribution in [0.2, 0.25) is 0 Å². The van der Waals surface area contributed by atoms with Crippen molar-refractivity contribution in [1.82, 2.24) is 0 Å². The van der Waals surface area contributed by atoms with Gasteiger partial charge >= 0.3 is 12.1 Å². The number of hydrogen-bond acceptors (Lipinski definition) is 10. The molecule has 0 spiro atoms. The highest BCUT2D eigenvalue weighted by Gasteiger charge is 2.50. The number of rotatable bonds is 16. The first-order valence-corrected chi connectivity index (χ1v) is 20.1. The zero-order chi connectivity index (χ0) is 38.9. The second kappa shape index (κ2) is 18.8. The molecule has 56 heavy (non-hydrogen) atoms. The summed E-state index contributed by atoms with van der Waals surface area (Å²) in [5.74, 6) is -0.161. The van der Waals surface area contributed by atoms with Gasteiger partial charge < -0.3 is 33.2 Å². The van der Waals surface area contributed by atoms with Crippen LogP contribution in [0.15, 0.2) is 121 Å². The predicted octanol–water partition coefficient (Wildman–Crippen LogP) is 9.04. The SMILES string of the molecule is CCSC1OC(COC(=O)CCC(C)=O)C(OC(=O)OCC2c3ccccc3-c3ccccc32)C(OCc2ccc3ccccc3c2)C1OCc1ccccc1. The highest BCUT2D eigenvalue weighted by Crippen LogP contribution is 2.44. The fraction of sp³-hybridized carbons (Fsp3) is 0.326. The molecule has 1 heterocycles. The van der Waals surface area contributed by atoms with Crippen molar-refractivity contribution in [1.29, 1.82) is 0 Å². The van der Waals surface area contributed by atoms with Crippen molar-refractivity contribution >= 4 is 40.4 Å². The normalized spacial score (nSPS) is 20.2. The fourth-order valence-electron chi connectivity index (χ4n) is 7.37. The van der Waals surface area contributed by atoms with Gasteiger partial charge in [-0.25, -0.2) is 4.79 Å². The number of ether oxygens (including phenoxy) is 6. The van der Waals surface area contributed by atoms with Crippen LogP contribution >= 0.6 is 11.8 Å². The van der Waals surface area contributed by atoms with Crippen LogP contribution in [0, 0.1) is 0 Å². The van der Waals surface area contributed by atoms with Crippen molar-refractivity contribution in [3.05, 3.63) is 144 Å². The topological polar surface area (TPSA) is 107 Å². The Hall–Kier alpha value is -5.00. The number of hydrogen-bond donors (Lipinski definition) is 0. The lowest BCUT2D eigenvalue weighted by Crippen LogP contribution is -2.61. The van der Waals surface area contributed by atoms with Crippen molar-refractivity contribution in [3.63, 3.8) is 0 Å². The minimum Gasteiger partial charge on any atom is -0.463 e. The molecule has 0 aromatic heterocycles. The van der Waals surface area contributed by atoms with E-state index in [2.05, 4.69) is 36.4 Å². The van der Waals surface area contributed by atoms with Gasteiger partial charge in [0, 0.05) is 12.3 Å². The number of benzene rings is 5. The highest BCUT2D eigenvalue weighted by atomic mass is 32.2. The summed E-state index contributed by atoms with van der Waals surface area (Å²) in [5.41, 5.74) is 5.68. The van der Waals surface area contributed by atoms with Gasteiger partial charge in [-0.1, -0.05) is 122 Å². The van der Waals surface area contributed by atoms with Crippen molar-refractivity contribution in [2.24, 2.45) is 0 Å². The summed E-state index contributed by atoms with van der Waals surface area (Å²) in [4.78, 5) is 38.2. The van der Waals surface area contributed by atoms with Crippen LogP contribution in [-0.4, -0.2) is 66.7 Å². The molecular formula is C46H46O9S. The molecule has 0 N–H and O–H groups in total. The van der Waals surface area contributed by atoms with Crippen LogP contribution in [0.1, 0.15) is 54.9 Å². The number of carbonyl (C=O) groups is 3. The molecule has 0 bridgehead atoms. The molecule has 0 radical (unpaired) electrons. The molecule has 290 valence electrons. The van der Waals surface area contributed by atoms with E-state index >= 15 is 0 Å². The van der Waals surface area contributed by atoms with E-state index in [4.69, 9.17) is 28.4 Å². The average Bonchev–Trinajstić information content (AvgIpc) is 3.54. The van der Waals surface area contributed by atoms with Gasteiger partial charge in [-0.2, -0.15) is 0 Å². The van der Waals surface area contributed by atoms with Gasteiger partial charge in [-0.3, -0.25) is 4.79 Å². The van der Waals surface area contributed by atoms with Gasteiger partial charge in [0.2, 0.25) is 0 Å². The third-order valence-electron chi connectivity index (χ3n) is 10.1. The van der Waals surface area contributed by atoms with Crippen LogP contribution in [0.5, 0.6) is 0 Å². The molecule has 1 aliphatic carbocycles. The van der Waals surface area contributed by atoms with E-state index in [-0.39, 0.29) is 51.0 Å². The van der Waals surface area contributed by atoms with Gasteiger partial charge in [0.05, 0.1) is 19.6 Å². The first-order valence-electron chi connectivity index (χ1n) is 19.1. The summed E-state index contributed by atoms with van der Waals surface area (Å²) in [6, 6.07) is 40.2. The number of esters is 1. The lowest BCUT2D eigenvalue weighted by atomic mass is 9.98. The van der Waals surface area contributed by atoms with Gasteiger partial charge in [0.1, 0.15) is 42.7 Å².